The van der Waals surface area contributed by atoms with E-state index in [4.69, 9.17) is 23.8 Å². The van der Waals surface area contributed by atoms with Crippen LogP contribution < -0.4 is 0 Å². The number of benzene rings is 8. The first-order valence-corrected chi connectivity index (χ1v) is 19.0. The van der Waals surface area contributed by atoms with Gasteiger partial charge in [0.2, 0.25) is 0 Å². The number of rotatable bonds is 5. The number of aromatic nitrogens is 4. The Labute approximate surface area is 325 Å². The number of hydrogen-bond acceptors (Lipinski definition) is 5. The molecule has 57 heavy (non-hydrogen) atoms. The fourth-order valence-electron chi connectivity index (χ4n) is 8.50. The van der Waals surface area contributed by atoms with E-state index >= 15 is 0 Å². The first-order valence-electron chi connectivity index (χ1n) is 19.0. The predicted molar refractivity (Wildman–Crippen MR) is 230 cm³/mol. The van der Waals surface area contributed by atoms with Gasteiger partial charge < -0.3 is 13.4 Å². The van der Waals surface area contributed by atoms with Crippen molar-refractivity contribution in [1.29, 1.82) is 0 Å². The van der Waals surface area contributed by atoms with Crippen LogP contribution in [-0.2, 0) is 0 Å². The van der Waals surface area contributed by atoms with Gasteiger partial charge in [0.1, 0.15) is 22.3 Å². The summed E-state index contributed by atoms with van der Waals surface area (Å²) in [6.45, 7) is 0. The molecular formula is C51H30N4O2. The van der Waals surface area contributed by atoms with Crippen LogP contribution in [0.25, 0.3) is 117 Å². The van der Waals surface area contributed by atoms with Crippen LogP contribution in [0.5, 0.6) is 0 Å². The Kier molecular flexibility index (Phi) is 6.83. The van der Waals surface area contributed by atoms with E-state index in [2.05, 4.69) is 108 Å². The predicted octanol–water partition coefficient (Wildman–Crippen LogP) is 13.4. The van der Waals surface area contributed by atoms with Gasteiger partial charge in [-0.2, -0.15) is 0 Å². The molecule has 4 heterocycles. The summed E-state index contributed by atoms with van der Waals surface area (Å²) in [5, 5.41) is 6.53. The lowest BCUT2D eigenvalue weighted by atomic mass is 9.96. The minimum Gasteiger partial charge on any atom is -0.456 e. The zero-order valence-electron chi connectivity index (χ0n) is 30.4. The summed E-state index contributed by atoms with van der Waals surface area (Å²) in [7, 11) is 0. The Bertz CT molecular complexity index is 3410. The fourth-order valence-corrected chi connectivity index (χ4v) is 8.50. The maximum absolute atomic E-state index is 6.58. The van der Waals surface area contributed by atoms with Crippen LogP contribution in [0.3, 0.4) is 0 Å². The molecule has 8 aromatic carbocycles. The molecule has 4 aromatic heterocycles. The van der Waals surface area contributed by atoms with Gasteiger partial charge in [-0.05, 0) is 65.7 Å². The quantitative estimate of drug-likeness (QED) is 0.176. The Balaban J connectivity index is 1.06. The maximum atomic E-state index is 6.58. The molecule has 0 fully saturated rings. The monoisotopic (exact) mass is 730 g/mol. The highest BCUT2D eigenvalue weighted by atomic mass is 16.3. The lowest BCUT2D eigenvalue weighted by molar-refractivity contribution is 0.669. The average Bonchev–Trinajstić information content (AvgIpc) is 3.96. The van der Waals surface area contributed by atoms with Crippen molar-refractivity contribution in [2.45, 2.75) is 0 Å². The summed E-state index contributed by atoms with van der Waals surface area (Å²) in [4.78, 5) is 15.1. The topological polar surface area (TPSA) is 69.9 Å². The Hall–Kier alpha value is -7.83. The summed E-state index contributed by atoms with van der Waals surface area (Å²) in [5.74, 6) is 1.81. The molecule has 6 heteroatoms. The molecule has 0 unspecified atom stereocenters. The van der Waals surface area contributed by atoms with E-state index in [1.165, 1.54) is 21.8 Å². The van der Waals surface area contributed by atoms with Gasteiger partial charge in [0.15, 0.2) is 17.5 Å². The molecule has 0 N–H and O–H groups in total. The first kappa shape index (κ1) is 31.5. The van der Waals surface area contributed by atoms with E-state index in [1.54, 1.807) is 0 Å². The number of fused-ring (bicyclic) bond motifs is 9. The van der Waals surface area contributed by atoms with Crippen LogP contribution in [-0.4, -0.2) is 19.5 Å². The molecule has 0 aliphatic rings. The molecule has 0 saturated carbocycles. The van der Waals surface area contributed by atoms with Crippen LogP contribution in [0.15, 0.2) is 191 Å². The largest absolute Gasteiger partial charge is 0.456 e. The van der Waals surface area contributed by atoms with Gasteiger partial charge >= 0.3 is 0 Å². The van der Waals surface area contributed by atoms with Gasteiger partial charge in [-0.1, -0.05) is 127 Å². The molecule has 0 spiro atoms. The lowest BCUT2D eigenvalue weighted by Crippen LogP contribution is -2.00. The van der Waals surface area contributed by atoms with Crippen molar-refractivity contribution in [3.8, 4) is 51.0 Å². The van der Waals surface area contributed by atoms with Crippen molar-refractivity contribution in [3.05, 3.63) is 182 Å². The van der Waals surface area contributed by atoms with Crippen LogP contribution in [0, 0.1) is 0 Å². The van der Waals surface area contributed by atoms with Gasteiger partial charge in [-0.3, -0.25) is 0 Å². The molecule has 0 radical (unpaired) electrons. The van der Waals surface area contributed by atoms with Crippen molar-refractivity contribution in [3.63, 3.8) is 0 Å². The second kappa shape index (κ2) is 12.3. The average molecular weight is 731 g/mol. The smallest absolute Gasteiger partial charge is 0.164 e. The number of para-hydroxylation sites is 2. The SMILES string of the molecule is c1ccc(-c2nc(-c3ccccc3)nc(-c3cccc4oc5cccc(-c6ccc7oc8ccc(-n9c%10ccccc%10c%10ccccc%109)cc8c7c6)c5c34)n2)cc1. The van der Waals surface area contributed by atoms with Gasteiger partial charge in [-0.15, -0.1) is 0 Å². The van der Waals surface area contributed by atoms with E-state index < -0.39 is 0 Å². The van der Waals surface area contributed by atoms with Gasteiger partial charge in [0, 0.05) is 54.7 Å². The summed E-state index contributed by atoms with van der Waals surface area (Å²) >= 11 is 0. The minimum absolute atomic E-state index is 0.583. The van der Waals surface area contributed by atoms with Crippen molar-refractivity contribution < 1.29 is 8.83 Å². The number of furan rings is 2. The zero-order valence-corrected chi connectivity index (χ0v) is 30.4. The summed E-state index contributed by atoms with van der Waals surface area (Å²) < 4.78 is 15.4. The van der Waals surface area contributed by atoms with Gasteiger partial charge in [0.05, 0.1) is 11.0 Å². The molecule has 0 aliphatic carbocycles. The van der Waals surface area contributed by atoms with Crippen molar-refractivity contribution in [2.24, 2.45) is 0 Å². The van der Waals surface area contributed by atoms with E-state index in [-0.39, 0.29) is 0 Å². The van der Waals surface area contributed by atoms with Crippen LogP contribution in [0.2, 0.25) is 0 Å². The van der Waals surface area contributed by atoms with E-state index in [0.29, 0.717) is 17.5 Å². The normalized spacial score (nSPS) is 11.9. The maximum Gasteiger partial charge on any atom is 0.164 e. The Morgan fingerprint density at radius 2 is 0.842 bits per heavy atom. The molecule has 12 rings (SSSR count). The molecular weight excluding hydrogens is 701 g/mol. The molecule has 0 aliphatic heterocycles. The second-order valence-corrected chi connectivity index (χ2v) is 14.4. The lowest BCUT2D eigenvalue weighted by Gasteiger charge is -2.10. The summed E-state index contributed by atoms with van der Waals surface area (Å²) in [6.07, 6.45) is 0. The van der Waals surface area contributed by atoms with Crippen LogP contribution in [0.4, 0.5) is 0 Å². The molecule has 0 atom stereocenters. The van der Waals surface area contributed by atoms with Crippen LogP contribution in [0.1, 0.15) is 0 Å². The molecule has 0 bridgehead atoms. The molecule has 0 saturated heterocycles. The third-order valence-corrected chi connectivity index (χ3v) is 11.1. The standard InChI is InChI=1S/C51H30N4O2/c1-3-13-31(14-4-1)49-52-50(32-15-5-2-6-16-32)54-51(53-49)38-20-12-24-46-48(38)47-35(19-11-23-45(47)57-46)33-25-27-43-39(29-33)40-30-34(26-28-44(40)56-43)55-41-21-9-7-17-36(41)37-18-8-10-22-42(37)55/h1-30H. The second-order valence-electron chi connectivity index (χ2n) is 14.4. The molecule has 266 valence electrons. The summed E-state index contributed by atoms with van der Waals surface area (Å²) in [5.41, 5.74) is 11.5. The first-order chi connectivity index (χ1) is 28.2. The highest BCUT2D eigenvalue weighted by Gasteiger charge is 2.21. The van der Waals surface area contributed by atoms with Crippen molar-refractivity contribution in [2.75, 3.05) is 0 Å². The molecule has 0 amide bonds. The summed E-state index contributed by atoms with van der Waals surface area (Å²) in [6, 6.07) is 62.6. The van der Waals surface area contributed by atoms with Crippen molar-refractivity contribution >= 4 is 65.7 Å². The Morgan fingerprint density at radius 1 is 0.333 bits per heavy atom. The van der Waals surface area contributed by atoms with Crippen molar-refractivity contribution in [1.82, 2.24) is 19.5 Å². The zero-order chi connectivity index (χ0) is 37.5. The molecule has 6 nitrogen and oxygen atoms in total. The highest BCUT2D eigenvalue weighted by Crippen LogP contribution is 2.43. The van der Waals surface area contributed by atoms with Crippen LogP contribution >= 0.6 is 0 Å². The number of nitrogens with zero attached hydrogens (tertiary/aromatic N) is 4. The van der Waals surface area contributed by atoms with Gasteiger partial charge in [-0.25, -0.2) is 15.0 Å². The highest BCUT2D eigenvalue weighted by molar-refractivity contribution is 6.18. The third-order valence-electron chi connectivity index (χ3n) is 11.1. The number of hydrogen-bond donors (Lipinski definition) is 0. The van der Waals surface area contributed by atoms with E-state index in [0.717, 1.165) is 77.4 Å². The van der Waals surface area contributed by atoms with E-state index in [1.807, 2.05) is 78.9 Å². The van der Waals surface area contributed by atoms with E-state index in [9.17, 15) is 0 Å². The Morgan fingerprint density at radius 3 is 1.49 bits per heavy atom. The van der Waals surface area contributed by atoms with Gasteiger partial charge in [0.25, 0.3) is 0 Å². The minimum atomic E-state index is 0.583. The fraction of sp³-hybridized carbons (Fsp3) is 0. The molecule has 12 aromatic rings. The third kappa shape index (κ3) is 4.94.